The van der Waals surface area contributed by atoms with Crippen LogP contribution in [0.25, 0.3) is 0 Å². The van der Waals surface area contributed by atoms with E-state index in [-0.39, 0.29) is 0 Å². The molecule has 0 spiro atoms. The summed E-state index contributed by atoms with van der Waals surface area (Å²) in [6, 6.07) is 6.45. The van der Waals surface area contributed by atoms with Gasteiger partial charge in [-0.15, -0.1) is 0 Å². The van der Waals surface area contributed by atoms with Crippen molar-refractivity contribution in [3.63, 3.8) is 0 Å². The van der Waals surface area contributed by atoms with E-state index in [1.807, 2.05) is 0 Å². The predicted molar refractivity (Wildman–Crippen MR) is 64.3 cm³/mol. The summed E-state index contributed by atoms with van der Waals surface area (Å²) in [6.45, 7) is 5.03. The van der Waals surface area contributed by atoms with Gasteiger partial charge in [0.15, 0.2) is 0 Å². The first kappa shape index (κ1) is 12.1. The average Bonchev–Trinajstić information content (AvgIpc) is 2.29. The van der Waals surface area contributed by atoms with Gasteiger partial charge in [-0.05, 0) is 42.5 Å². The maximum absolute atomic E-state index is 5.63. The topological polar surface area (TPSA) is 35.2 Å². The summed E-state index contributed by atoms with van der Waals surface area (Å²) in [5.41, 5.74) is 8.20. The summed E-state index contributed by atoms with van der Waals surface area (Å²) in [5, 5.41) is 0. The van der Waals surface area contributed by atoms with E-state index in [1.54, 1.807) is 7.11 Å². The Labute approximate surface area is 92.4 Å². The van der Waals surface area contributed by atoms with Gasteiger partial charge >= 0.3 is 0 Å². The Kier molecular flexibility index (Phi) is 4.63. The van der Waals surface area contributed by atoms with Gasteiger partial charge in [-0.2, -0.15) is 0 Å². The summed E-state index contributed by atoms with van der Waals surface area (Å²) in [7, 11) is 1.73. The van der Waals surface area contributed by atoms with Crippen LogP contribution in [0.1, 0.15) is 25.0 Å². The van der Waals surface area contributed by atoms with Crippen molar-refractivity contribution >= 4 is 0 Å². The summed E-state index contributed by atoms with van der Waals surface area (Å²) in [6.07, 6.45) is 2.03. The van der Waals surface area contributed by atoms with E-state index in [0.29, 0.717) is 5.92 Å². The van der Waals surface area contributed by atoms with Crippen LogP contribution in [0.4, 0.5) is 0 Å². The van der Waals surface area contributed by atoms with Gasteiger partial charge in [0.25, 0.3) is 0 Å². The van der Waals surface area contributed by atoms with Crippen LogP contribution in [0.15, 0.2) is 18.2 Å². The fourth-order valence-corrected chi connectivity index (χ4v) is 1.64. The third kappa shape index (κ3) is 3.24. The highest BCUT2D eigenvalue weighted by Gasteiger charge is 2.07. The molecule has 0 amide bonds. The minimum Gasteiger partial charge on any atom is -0.496 e. The Morgan fingerprint density at radius 3 is 2.67 bits per heavy atom. The largest absolute Gasteiger partial charge is 0.496 e. The minimum absolute atomic E-state index is 0.506. The molecule has 0 saturated carbocycles. The molecule has 0 heterocycles. The van der Waals surface area contributed by atoms with E-state index < -0.39 is 0 Å². The monoisotopic (exact) mass is 207 g/mol. The molecular weight excluding hydrogens is 186 g/mol. The number of hydrogen-bond acceptors (Lipinski definition) is 2. The molecule has 0 aliphatic heterocycles. The van der Waals surface area contributed by atoms with Crippen LogP contribution < -0.4 is 10.5 Å². The maximum atomic E-state index is 5.63. The number of benzene rings is 1. The molecule has 0 fully saturated rings. The molecule has 1 aromatic carbocycles. The number of ether oxygens (including phenoxy) is 1. The Balaban J connectivity index is 2.87. The SMILES string of the molecule is CCc1ccc(CC(C)CN)c(OC)c1. The van der Waals surface area contributed by atoms with Crippen LogP contribution in [-0.2, 0) is 12.8 Å². The highest BCUT2D eigenvalue weighted by Crippen LogP contribution is 2.23. The quantitative estimate of drug-likeness (QED) is 0.804. The van der Waals surface area contributed by atoms with Crippen molar-refractivity contribution in [2.75, 3.05) is 13.7 Å². The van der Waals surface area contributed by atoms with Crippen LogP contribution in [0.3, 0.4) is 0 Å². The Morgan fingerprint density at radius 1 is 1.40 bits per heavy atom. The first-order valence-electron chi connectivity index (χ1n) is 5.57. The fraction of sp³-hybridized carbons (Fsp3) is 0.538. The lowest BCUT2D eigenvalue weighted by atomic mass is 9.99. The molecule has 2 N–H and O–H groups in total. The molecular formula is C13H21NO. The van der Waals surface area contributed by atoms with Crippen LogP contribution in [0.2, 0.25) is 0 Å². The van der Waals surface area contributed by atoms with Crippen molar-refractivity contribution in [2.45, 2.75) is 26.7 Å². The normalized spacial score (nSPS) is 12.5. The zero-order valence-electron chi connectivity index (χ0n) is 9.92. The van der Waals surface area contributed by atoms with Crippen LogP contribution >= 0.6 is 0 Å². The number of hydrogen-bond donors (Lipinski definition) is 1. The molecule has 15 heavy (non-hydrogen) atoms. The second kappa shape index (κ2) is 5.76. The van der Waals surface area contributed by atoms with Crippen LogP contribution in [-0.4, -0.2) is 13.7 Å². The molecule has 1 unspecified atom stereocenters. The average molecular weight is 207 g/mol. The van der Waals surface area contributed by atoms with Gasteiger partial charge in [-0.25, -0.2) is 0 Å². The third-order valence-corrected chi connectivity index (χ3v) is 2.73. The van der Waals surface area contributed by atoms with Crippen molar-refractivity contribution in [3.8, 4) is 5.75 Å². The minimum atomic E-state index is 0.506. The Bertz CT molecular complexity index is 309. The van der Waals surface area contributed by atoms with Crippen LogP contribution in [0.5, 0.6) is 5.75 Å². The van der Waals surface area contributed by atoms with Crippen molar-refractivity contribution < 1.29 is 4.74 Å². The molecule has 0 bridgehead atoms. The lowest BCUT2D eigenvalue weighted by Crippen LogP contribution is -2.13. The smallest absolute Gasteiger partial charge is 0.122 e. The van der Waals surface area contributed by atoms with E-state index in [2.05, 4.69) is 32.0 Å². The number of aryl methyl sites for hydroxylation is 1. The molecule has 84 valence electrons. The van der Waals surface area contributed by atoms with Crippen molar-refractivity contribution in [2.24, 2.45) is 11.7 Å². The van der Waals surface area contributed by atoms with E-state index in [9.17, 15) is 0 Å². The summed E-state index contributed by atoms with van der Waals surface area (Å²) in [5.74, 6) is 1.50. The Morgan fingerprint density at radius 2 is 2.13 bits per heavy atom. The van der Waals surface area contributed by atoms with E-state index in [4.69, 9.17) is 10.5 Å². The van der Waals surface area contributed by atoms with Crippen molar-refractivity contribution in [3.05, 3.63) is 29.3 Å². The highest BCUT2D eigenvalue weighted by atomic mass is 16.5. The van der Waals surface area contributed by atoms with E-state index in [1.165, 1.54) is 11.1 Å². The summed E-state index contributed by atoms with van der Waals surface area (Å²) < 4.78 is 5.39. The second-order valence-corrected chi connectivity index (χ2v) is 4.04. The van der Waals surface area contributed by atoms with Crippen molar-refractivity contribution in [1.29, 1.82) is 0 Å². The van der Waals surface area contributed by atoms with Gasteiger partial charge in [-0.1, -0.05) is 26.0 Å². The number of nitrogens with two attached hydrogens (primary N) is 1. The van der Waals surface area contributed by atoms with E-state index in [0.717, 1.165) is 25.1 Å². The Hall–Kier alpha value is -1.02. The third-order valence-electron chi connectivity index (χ3n) is 2.73. The van der Waals surface area contributed by atoms with Gasteiger partial charge < -0.3 is 10.5 Å². The van der Waals surface area contributed by atoms with Gasteiger partial charge in [0.2, 0.25) is 0 Å². The standard InChI is InChI=1S/C13H21NO/c1-4-11-5-6-12(7-10(2)9-14)13(8-11)15-3/h5-6,8,10H,4,7,9,14H2,1-3H3. The molecule has 0 radical (unpaired) electrons. The number of methoxy groups -OCH3 is 1. The zero-order valence-corrected chi connectivity index (χ0v) is 9.92. The fourth-order valence-electron chi connectivity index (χ4n) is 1.64. The molecule has 1 atom stereocenters. The molecule has 1 aromatic rings. The first-order valence-corrected chi connectivity index (χ1v) is 5.57. The van der Waals surface area contributed by atoms with Gasteiger partial charge in [-0.3, -0.25) is 0 Å². The van der Waals surface area contributed by atoms with Crippen molar-refractivity contribution in [1.82, 2.24) is 0 Å². The summed E-state index contributed by atoms with van der Waals surface area (Å²) >= 11 is 0. The van der Waals surface area contributed by atoms with E-state index >= 15 is 0 Å². The molecule has 2 heteroatoms. The molecule has 1 rings (SSSR count). The zero-order chi connectivity index (χ0) is 11.3. The lowest BCUT2D eigenvalue weighted by Gasteiger charge is -2.13. The van der Waals surface area contributed by atoms with Crippen LogP contribution in [0, 0.1) is 5.92 Å². The lowest BCUT2D eigenvalue weighted by molar-refractivity contribution is 0.405. The molecule has 2 nitrogen and oxygen atoms in total. The summed E-state index contributed by atoms with van der Waals surface area (Å²) in [4.78, 5) is 0. The highest BCUT2D eigenvalue weighted by molar-refractivity contribution is 5.37. The number of rotatable bonds is 5. The molecule has 0 aromatic heterocycles. The van der Waals surface area contributed by atoms with Gasteiger partial charge in [0, 0.05) is 0 Å². The van der Waals surface area contributed by atoms with Gasteiger partial charge in [0.1, 0.15) is 5.75 Å². The maximum Gasteiger partial charge on any atom is 0.122 e. The van der Waals surface area contributed by atoms with Gasteiger partial charge in [0.05, 0.1) is 7.11 Å². The second-order valence-electron chi connectivity index (χ2n) is 4.04. The first-order chi connectivity index (χ1) is 7.21. The predicted octanol–water partition coefficient (Wildman–Crippen LogP) is 2.39. The molecule has 0 saturated heterocycles. The molecule has 0 aliphatic rings. The molecule has 0 aliphatic carbocycles.